The van der Waals surface area contributed by atoms with Crippen molar-refractivity contribution < 1.29 is 13.2 Å². The number of pyridine rings is 1. The second kappa shape index (κ2) is 3.73. The van der Waals surface area contributed by atoms with Crippen LogP contribution in [0, 0.1) is 0 Å². The van der Waals surface area contributed by atoms with E-state index >= 15 is 0 Å². The van der Waals surface area contributed by atoms with Gasteiger partial charge >= 0.3 is 6.18 Å². The Morgan fingerprint density at radius 2 is 2.00 bits per heavy atom. The number of rotatable bonds is 1. The Hall–Kier alpha value is -1.10. The van der Waals surface area contributed by atoms with Gasteiger partial charge < -0.3 is 0 Å². The molecule has 0 amide bonds. The molecule has 0 atom stereocenters. The van der Waals surface area contributed by atoms with Crippen molar-refractivity contribution >= 4 is 0 Å². The van der Waals surface area contributed by atoms with Crippen molar-refractivity contribution in [1.82, 2.24) is 9.88 Å². The van der Waals surface area contributed by atoms with Gasteiger partial charge in [-0.05, 0) is 25.5 Å². The number of halogens is 3. The van der Waals surface area contributed by atoms with Crippen LogP contribution in [0.2, 0.25) is 0 Å². The fraction of sp³-hybridized carbons (Fsp3) is 0.545. The highest BCUT2D eigenvalue weighted by molar-refractivity contribution is 5.29. The lowest BCUT2D eigenvalue weighted by atomic mass is 10.1. The number of nitrogens with zero attached hydrogens (tertiary/aromatic N) is 2. The molecule has 0 fully saturated rings. The Morgan fingerprint density at radius 3 is 2.56 bits per heavy atom. The Labute approximate surface area is 92.1 Å². The van der Waals surface area contributed by atoms with E-state index in [1.54, 1.807) is 0 Å². The molecule has 16 heavy (non-hydrogen) atoms. The molecule has 0 saturated heterocycles. The van der Waals surface area contributed by atoms with Crippen LogP contribution in [0.25, 0.3) is 0 Å². The standard InChI is InChI=1S/C11H13F3N2/c1-7(2)16-5-8-3-9(11(12,13)14)4-15-10(8)6-16/h3-4,7H,5-6H2,1-2H3. The maximum Gasteiger partial charge on any atom is 0.417 e. The molecular formula is C11H13F3N2. The molecule has 0 aliphatic carbocycles. The zero-order chi connectivity index (χ0) is 11.9. The summed E-state index contributed by atoms with van der Waals surface area (Å²) >= 11 is 0. The molecule has 5 heteroatoms. The van der Waals surface area contributed by atoms with Gasteiger partial charge in [0.25, 0.3) is 0 Å². The molecule has 0 aromatic carbocycles. The van der Waals surface area contributed by atoms with Crippen molar-refractivity contribution in [3.63, 3.8) is 0 Å². The fourth-order valence-corrected chi connectivity index (χ4v) is 1.81. The van der Waals surface area contributed by atoms with Crippen LogP contribution in [-0.2, 0) is 19.3 Å². The van der Waals surface area contributed by atoms with E-state index in [0.29, 0.717) is 24.7 Å². The van der Waals surface area contributed by atoms with Crippen LogP contribution in [-0.4, -0.2) is 15.9 Å². The van der Waals surface area contributed by atoms with Crippen molar-refractivity contribution in [2.45, 2.75) is 39.2 Å². The monoisotopic (exact) mass is 230 g/mol. The van der Waals surface area contributed by atoms with Crippen LogP contribution in [0.15, 0.2) is 12.3 Å². The molecule has 1 aromatic heterocycles. The summed E-state index contributed by atoms with van der Waals surface area (Å²) in [5.41, 5.74) is 0.807. The first-order valence-electron chi connectivity index (χ1n) is 5.17. The van der Waals surface area contributed by atoms with Crippen molar-refractivity contribution in [2.24, 2.45) is 0 Å². The smallest absolute Gasteiger partial charge is 0.291 e. The minimum Gasteiger partial charge on any atom is -0.291 e. The minimum absolute atomic E-state index is 0.323. The molecule has 1 aliphatic heterocycles. The number of hydrogen-bond donors (Lipinski definition) is 0. The molecular weight excluding hydrogens is 217 g/mol. The highest BCUT2D eigenvalue weighted by atomic mass is 19.4. The average Bonchev–Trinajstić information content (AvgIpc) is 2.58. The van der Waals surface area contributed by atoms with E-state index in [1.807, 2.05) is 13.8 Å². The number of fused-ring (bicyclic) bond motifs is 1. The topological polar surface area (TPSA) is 16.1 Å². The quantitative estimate of drug-likeness (QED) is 0.737. The zero-order valence-electron chi connectivity index (χ0n) is 9.17. The molecule has 88 valence electrons. The first kappa shape index (κ1) is 11.4. The maximum absolute atomic E-state index is 12.5. The number of aromatic nitrogens is 1. The molecule has 0 spiro atoms. The van der Waals surface area contributed by atoms with Gasteiger partial charge in [0.15, 0.2) is 0 Å². The highest BCUT2D eigenvalue weighted by Gasteiger charge is 2.33. The molecule has 0 bridgehead atoms. The van der Waals surface area contributed by atoms with E-state index < -0.39 is 11.7 Å². The van der Waals surface area contributed by atoms with E-state index in [4.69, 9.17) is 0 Å². The maximum atomic E-state index is 12.5. The predicted octanol–water partition coefficient (Wildman–Crippen LogP) is 2.82. The fourth-order valence-electron chi connectivity index (χ4n) is 1.81. The second-order valence-electron chi connectivity index (χ2n) is 4.33. The second-order valence-corrected chi connectivity index (χ2v) is 4.33. The van der Waals surface area contributed by atoms with Crippen LogP contribution in [0.3, 0.4) is 0 Å². The Bertz CT molecular complexity index is 399. The number of hydrogen-bond acceptors (Lipinski definition) is 2. The summed E-state index contributed by atoms with van der Waals surface area (Å²) in [4.78, 5) is 5.99. The molecule has 1 aliphatic rings. The normalized spacial score (nSPS) is 16.9. The van der Waals surface area contributed by atoms with Crippen molar-refractivity contribution in [3.05, 3.63) is 29.1 Å². The Balaban J connectivity index is 2.28. The van der Waals surface area contributed by atoms with Gasteiger partial charge in [0.05, 0.1) is 11.3 Å². The van der Waals surface area contributed by atoms with Gasteiger partial charge in [0.1, 0.15) is 0 Å². The van der Waals surface area contributed by atoms with Crippen molar-refractivity contribution in [3.8, 4) is 0 Å². The van der Waals surface area contributed by atoms with Gasteiger partial charge in [0.2, 0.25) is 0 Å². The van der Waals surface area contributed by atoms with E-state index in [-0.39, 0.29) is 0 Å². The zero-order valence-corrected chi connectivity index (χ0v) is 9.17. The summed E-state index contributed by atoms with van der Waals surface area (Å²) in [6, 6.07) is 1.54. The molecule has 2 heterocycles. The van der Waals surface area contributed by atoms with Crippen LogP contribution in [0.5, 0.6) is 0 Å². The van der Waals surface area contributed by atoms with E-state index in [1.165, 1.54) is 6.07 Å². The van der Waals surface area contributed by atoms with Gasteiger partial charge in [-0.3, -0.25) is 9.88 Å². The molecule has 2 nitrogen and oxygen atoms in total. The lowest BCUT2D eigenvalue weighted by Crippen LogP contribution is -2.24. The van der Waals surface area contributed by atoms with Gasteiger partial charge in [-0.15, -0.1) is 0 Å². The third kappa shape index (κ3) is 2.04. The van der Waals surface area contributed by atoms with Crippen LogP contribution >= 0.6 is 0 Å². The predicted molar refractivity (Wildman–Crippen MR) is 53.6 cm³/mol. The van der Waals surface area contributed by atoms with E-state index in [9.17, 15) is 13.2 Å². The summed E-state index contributed by atoms with van der Waals surface area (Å²) in [7, 11) is 0. The average molecular weight is 230 g/mol. The van der Waals surface area contributed by atoms with Gasteiger partial charge in [-0.25, -0.2) is 0 Å². The third-order valence-corrected chi connectivity index (χ3v) is 2.84. The van der Waals surface area contributed by atoms with E-state index in [0.717, 1.165) is 11.9 Å². The third-order valence-electron chi connectivity index (χ3n) is 2.84. The Kier molecular flexibility index (Phi) is 2.66. The summed E-state index contributed by atoms with van der Waals surface area (Å²) in [6.07, 6.45) is -3.38. The van der Waals surface area contributed by atoms with Crippen molar-refractivity contribution in [2.75, 3.05) is 0 Å². The van der Waals surface area contributed by atoms with Gasteiger partial charge in [-0.2, -0.15) is 13.2 Å². The molecule has 0 saturated carbocycles. The molecule has 2 rings (SSSR count). The summed E-state index contributed by atoms with van der Waals surface area (Å²) < 4.78 is 37.4. The molecule has 0 unspecified atom stereocenters. The first-order valence-corrected chi connectivity index (χ1v) is 5.17. The minimum atomic E-state index is -4.30. The lowest BCUT2D eigenvalue weighted by molar-refractivity contribution is -0.137. The van der Waals surface area contributed by atoms with Crippen LogP contribution in [0.4, 0.5) is 13.2 Å². The lowest BCUT2D eigenvalue weighted by Gasteiger charge is -2.18. The van der Waals surface area contributed by atoms with Crippen LogP contribution < -0.4 is 0 Å². The molecule has 0 radical (unpaired) electrons. The summed E-state index contributed by atoms with van der Waals surface area (Å²) in [6.45, 7) is 5.25. The number of alkyl halides is 3. The largest absolute Gasteiger partial charge is 0.417 e. The van der Waals surface area contributed by atoms with Gasteiger partial charge in [0, 0.05) is 25.3 Å². The van der Waals surface area contributed by atoms with E-state index in [2.05, 4.69) is 9.88 Å². The summed E-state index contributed by atoms with van der Waals surface area (Å²) in [5, 5.41) is 0. The Morgan fingerprint density at radius 1 is 1.31 bits per heavy atom. The summed E-state index contributed by atoms with van der Waals surface area (Å²) in [5.74, 6) is 0. The van der Waals surface area contributed by atoms with Crippen molar-refractivity contribution in [1.29, 1.82) is 0 Å². The molecule has 0 N–H and O–H groups in total. The highest BCUT2D eigenvalue weighted by Crippen LogP contribution is 2.32. The van der Waals surface area contributed by atoms with Crippen LogP contribution in [0.1, 0.15) is 30.7 Å². The first-order chi connectivity index (χ1) is 7.38. The SMILES string of the molecule is CC(C)N1Cc2cc(C(F)(F)F)cnc2C1. The van der Waals surface area contributed by atoms with Gasteiger partial charge in [-0.1, -0.05) is 0 Å². The molecule has 1 aromatic rings.